The van der Waals surface area contributed by atoms with Gasteiger partial charge in [-0.2, -0.15) is 0 Å². The molecular formula is C12H16ClNO2. The summed E-state index contributed by atoms with van der Waals surface area (Å²) in [5.41, 5.74) is 1.18. The molecule has 16 heavy (non-hydrogen) atoms. The van der Waals surface area contributed by atoms with E-state index < -0.39 is 5.97 Å². The molecule has 0 radical (unpaired) electrons. The maximum Gasteiger partial charge on any atom is 0.320 e. The predicted octanol–water partition coefficient (Wildman–Crippen LogP) is 2.33. The molecule has 1 aliphatic heterocycles. The maximum atomic E-state index is 10.9. The molecule has 0 aliphatic carbocycles. The van der Waals surface area contributed by atoms with Gasteiger partial charge < -0.3 is 5.11 Å². The fourth-order valence-corrected chi connectivity index (χ4v) is 2.06. The molecular weight excluding hydrogens is 226 g/mol. The zero-order valence-electron chi connectivity index (χ0n) is 9.17. The maximum absolute atomic E-state index is 10.9. The van der Waals surface area contributed by atoms with Crippen molar-refractivity contribution in [3.8, 4) is 0 Å². The van der Waals surface area contributed by atoms with Crippen molar-refractivity contribution in [2.24, 2.45) is 0 Å². The summed E-state index contributed by atoms with van der Waals surface area (Å²) in [4.78, 5) is 12.9. The highest BCUT2D eigenvalue weighted by molar-refractivity contribution is 5.85. The van der Waals surface area contributed by atoms with Crippen LogP contribution >= 0.6 is 12.4 Å². The van der Waals surface area contributed by atoms with E-state index in [2.05, 4.69) is 6.92 Å². The van der Waals surface area contributed by atoms with E-state index in [1.54, 1.807) is 0 Å². The van der Waals surface area contributed by atoms with Crippen molar-refractivity contribution < 1.29 is 9.90 Å². The van der Waals surface area contributed by atoms with Crippen LogP contribution in [0.3, 0.4) is 0 Å². The minimum atomic E-state index is -0.705. The van der Waals surface area contributed by atoms with Crippen LogP contribution in [0.1, 0.15) is 24.9 Å². The van der Waals surface area contributed by atoms with Crippen molar-refractivity contribution in [3.05, 3.63) is 35.9 Å². The summed E-state index contributed by atoms with van der Waals surface area (Å²) in [6, 6.07) is 9.94. The Labute approximate surface area is 101 Å². The Hall–Kier alpha value is -1.06. The van der Waals surface area contributed by atoms with Crippen LogP contribution in [-0.4, -0.2) is 28.6 Å². The van der Waals surface area contributed by atoms with Crippen LogP contribution in [0.15, 0.2) is 30.3 Å². The van der Waals surface area contributed by atoms with Crippen LogP contribution in [0.2, 0.25) is 0 Å². The van der Waals surface area contributed by atoms with E-state index in [-0.39, 0.29) is 24.5 Å². The number of likely N-dealkylation sites (tertiary alicyclic amines) is 1. The predicted molar refractivity (Wildman–Crippen MR) is 64.9 cm³/mol. The van der Waals surface area contributed by atoms with Gasteiger partial charge in [0, 0.05) is 12.6 Å². The van der Waals surface area contributed by atoms with E-state index >= 15 is 0 Å². The Bertz CT molecular complexity index is 355. The Morgan fingerprint density at radius 3 is 2.50 bits per heavy atom. The third-order valence-electron chi connectivity index (χ3n) is 3.13. The Morgan fingerprint density at radius 1 is 1.44 bits per heavy atom. The monoisotopic (exact) mass is 241 g/mol. The minimum Gasteiger partial charge on any atom is -0.480 e. The van der Waals surface area contributed by atoms with E-state index in [0.717, 1.165) is 13.0 Å². The van der Waals surface area contributed by atoms with Crippen LogP contribution in [0, 0.1) is 0 Å². The molecule has 0 amide bonds. The first kappa shape index (κ1) is 13.0. The van der Waals surface area contributed by atoms with Gasteiger partial charge in [-0.25, -0.2) is 0 Å². The molecule has 0 aromatic heterocycles. The van der Waals surface area contributed by atoms with Crippen LogP contribution in [0.25, 0.3) is 0 Å². The molecule has 1 aromatic carbocycles. The highest BCUT2D eigenvalue weighted by Gasteiger charge is 2.37. The van der Waals surface area contributed by atoms with Gasteiger partial charge in [-0.1, -0.05) is 30.3 Å². The lowest BCUT2D eigenvalue weighted by molar-refractivity contribution is -0.150. The summed E-state index contributed by atoms with van der Waals surface area (Å²) < 4.78 is 0. The molecule has 0 spiro atoms. The van der Waals surface area contributed by atoms with Gasteiger partial charge in [-0.05, 0) is 18.9 Å². The first-order valence-corrected chi connectivity index (χ1v) is 5.23. The largest absolute Gasteiger partial charge is 0.480 e. The molecule has 88 valence electrons. The smallest absolute Gasteiger partial charge is 0.320 e. The standard InChI is InChI=1S/C12H15NO2.ClH/c1-9(10-5-3-2-4-6-10)13-8-7-11(13)12(14)15;/h2-6,9,11H,7-8H2,1H3,(H,14,15);1H/t9-,11-;/m0./s1. The van der Waals surface area contributed by atoms with Crippen molar-refractivity contribution in [1.82, 2.24) is 4.90 Å². The van der Waals surface area contributed by atoms with E-state index in [1.165, 1.54) is 5.56 Å². The van der Waals surface area contributed by atoms with Gasteiger partial charge in [0.15, 0.2) is 0 Å². The summed E-state index contributed by atoms with van der Waals surface area (Å²) in [5, 5.41) is 8.96. The Kier molecular flexibility index (Phi) is 4.33. The second-order valence-corrected chi connectivity index (χ2v) is 3.97. The van der Waals surface area contributed by atoms with Crippen LogP contribution in [-0.2, 0) is 4.79 Å². The number of benzene rings is 1. The average molecular weight is 242 g/mol. The third kappa shape index (κ3) is 2.36. The first-order chi connectivity index (χ1) is 7.20. The molecule has 0 bridgehead atoms. The zero-order chi connectivity index (χ0) is 10.8. The highest BCUT2D eigenvalue weighted by Crippen LogP contribution is 2.29. The summed E-state index contributed by atoms with van der Waals surface area (Å²) >= 11 is 0. The highest BCUT2D eigenvalue weighted by atomic mass is 35.5. The molecule has 2 atom stereocenters. The van der Waals surface area contributed by atoms with Crippen LogP contribution in [0.4, 0.5) is 0 Å². The minimum absolute atomic E-state index is 0. The van der Waals surface area contributed by atoms with Gasteiger partial charge in [-0.15, -0.1) is 12.4 Å². The van der Waals surface area contributed by atoms with E-state index in [4.69, 9.17) is 5.11 Å². The molecule has 3 nitrogen and oxygen atoms in total. The number of halogens is 1. The number of nitrogens with zero attached hydrogens (tertiary/aromatic N) is 1. The summed E-state index contributed by atoms with van der Waals surface area (Å²) in [6.07, 6.45) is 0.770. The summed E-state index contributed by atoms with van der Waals surface area (Å²) in [5.74, 6) is -0.705. The SMILES string of the molecule is C[C@@H](c1ccccc1)N1CC[C@H]1C(=O)O.Cl. The molecule has 0 saturated carbocycles. The number of hydrogen-bond acceptors (Lipinski definition) is 2. The van der Waals surface area contributed by atoms with E-state index in [9.17, 15) is 4.79 Å². The number of carboxylic acids is 1. The summed E-state index contributed by atoms with van der Waals surface area (Å²) in [6.45, 7) is 2.94. The van der Waals surface area contributed by atoms with Crippen molar-refractivity contribution in [1.29, 1.82) is 0 Å². The molecule has 4 heteroatoms. The Morgan fingerprint density at radius 2 is 2.06 bits per heavy atom. The lowest BCUT2D eigenvalue weighted by Crippen LogP contribution is -2.53. The van der Waals surface area contributed by atoms with Crippen molar-refractivity contribution in [3.63, 3.8) is 0 Å². The quantitative estimate of drug-likeness (QED) is 0.883. The van der Waals surface area contributed by atoms with Gasteiger partial charge >= 0.3 is 5.97 Å². The molecule has 1 N–H and O–H groups in total. The Balaban J connectivity index is 0.00000128. The normalized spacial score (nSPS) is 21.7. The second kappa shape index (κ2) is 5.32. The molecule has 1 aliphatic rings. The number of hydrogen-bond donors (Lipinski definition) is 1. The number of carbonyl (C=O) groups is 1. The van der Waals surface area contributed by atoms with Crippen molar-refractivity contribution in [2.75, 3.05) is 6.54 Å². The van der Waals surface area contributed by atoms with E-state index in [0.29, 0.717) is 0 Å². The number of rotatable bonds is 3. The average Bonchev–Trinajstić information content (AvgIpc) is 2.16. The molecule has 0 unspecified atom stereocenters. The molecule has 1 heterocycles. The van der Waals surface area contributed by atoms with Gasteiger partial charge in [0.05, 0.1) is 0 Å². The van der Waals surface area contributed by atoms with Crippen LogP contribution in [0.5, 0.6) is 0 Å². The lowest BCUT2D eigenvalue weighted by atomic mass is 9.96. The van der Waals surface area contributed by atoms with Gasteiger partial charge in [0.25, 0.3) is 0 Å². The van der Waals surface area contributed by atoms with Gasteiger partial charge in [0.1, 0.15) is 6.04 Å². The molecule has 1 saturated heterocycles. The van der Waals surface area contributed by atoms with E-state index in [1.807, 2.05) is 35.2 Å². The summed E-state index contributed by atoms with van der Waals surface area (Å²) in [7, 11) is 0. The molecule has 1 fully saturated rings. The second-order valence-electron chi connectivity index (χ2n) is 3.97. The molecule has 1 aromatic rings. The van der Waals surface area contributed by atoms with Crippen LogP contribution < -0.4 is 0 Å². The first-order valence-electron chi connectivity index (χ1n) is 5.23. The third-order valence-corrected chi connectivity index (χ3v) is 3.13. The van der Waals surface area contributed by atoms with Gasteiger partial charge in [-0.3, -0.25) is 9.69 Å². The zero-order valence-corrected chi connectivity index (χ0v) is 9.98. The van der Waals surface area contributed by atoms with Gasteiger partial charge in [0.2, 0.25) is 0 Å². The van der Waals surface area contributed by atoms with Crippen molar-refractivity contribution >= 4 is 18.4 Å². The number of aliphatic carboxylic acids is 1. The lowest BCUT2D eigenvalue weighted by Gasteiger charge is -2.42. The van der Waals surface area contributed by atoms with Crippen molar-refractivity contribution in [2.45, 2.75) is 25.4 Å². The topological polar surface area (TPSA) is 40.5 Å². The number of carboxylic acid groups (broad SMARTS) is 1. The molecule has 2 rings (SSSR count). The fraction of sp³-hybridized carbons (Fsp3) is 0.417. The fourth-order valence-electron chi connectivity index (χ4n) is 2.06.